The summed E-state index contributed by atoms with van der Waals surface area (Å²) in [6, 6.07) is 7.97. The molecule has 0 aliphatic heterocycles. The lowest BCUT2D eigenvalue weighted by atomic mass is 9.99. The number of rotatable bonds is 5. The molecule has 0 atom stereocenters. The smallest absolute Gasteiger partial charge is 0.153 e. The highest BCUT2D eigenvalue weighted by molar-refractivity contribution is 6.09. The zero-order chi connectivity index (χ0) is 15.1. The molecule has 0 aliphatic rings. The lowest BCUT2D eigenvalue weighted by Crippen LogP contribution is -2.13. The van der Waals surface area contributed by atoms with Crippen molar-refractivity contribution in [3.05, 3.63) is 59.7 Å². The molecular weight excluding hydrogens is 246 g/mol. The minimum absolute atomic E-state index is 0.206. The van der Waals surface area contributed by atoms with E-state index in [9.17, 15) is 0 Å². The maximum Gasteiger partial charge on any atom is 0.153 e. The maximum absolute atomic E-state index is 8.06. The molecule has 0 amide bonds. The van der Waals surface area contributed by atoms with Crippen molar-refractivity contribution in [2.24, 2.45) is 4.99 Å². The Kier molecular flexibility index (Phi) is 5.66. The lowest BCUT2D eigenvalue weighted by molar-refractivity contribution is 1.11. The molecule has 0 aliphatic carbocycles. The van der Waals surface area contributed by atoms with Crippen LogP contribution in [0.1, 0.15) is 25.0 Å². The van der Waals surface area contributed by atoms with Crippen LogP contribution in [0.2, 0.25) is 0 Å². The van der Waals surface area contributed by atoms with Crippen molar-refractivity contribution >= 4 is 23.8 Å². The van der Waals surface area contributed by atoms with Crippen molar-refractivity contribution in [3.8, 4) is 0 Å². The van der Waals surface area contributed by atoms with Gasteiger partial charge in [-0.2, -0.15) is 0 Å². The highest BCUT2D eigenvalue weighted by Gasteiger charge is 2.13. The van der Waals surface area contributed by atoms with Crippen molar-refractivity contribution in [3.63, 3.8) is 0 Å². The second kappa shape index (κ2) is 7.24. The minimum Gasteiger partial charge on any atom is -0.387 e. The molecular formula is C17H21N3. The Morgan fingerprint density at radius 1 is 1.30 bits per heavy atom. The summed E-state index contributed by atoms with van der Waals surface area (Å²) in [4.78, 5) is 4.06. The van der Waals surface area contributed by atoms with Gasteiger partial charge in [-0.1, -0.05) is 43.5 Å². The van der Waals surface area contributed by atoms with Crippen LogP contribution in [0.3, 0.4) is 0 Å². The summed E-state index contributed by atoms with van der Waals surface area (Å²) in [5.41, 5.74) is 4.42. The first kappa shape index (κ1) is 15.6. The molecule has 0 heterocycles. The van der Waals surface area contributed by atoms with Crippen LogP contribution in [-0.2, 0) is 0 Å². The minimum atomic E-state index is 0.206. The molecule has 1 aromatic carbocycles. The first-order valence-corrected chi connectivity index (χ1v) is 6.43. The average Bonchev–Trinajstić information content (AvgIpc) is 2.44. The maximum atomic E-state index is 8.06. The van der Waals surface area contributed by atoms with E-state index in [2.05, 4.69) is 23.5 Å². The molecule has 0 fully saturated rings. The third-order valence-corrected chi connectivity index (χ3v) is 2.86. The predicted molar refractivity (Wildman–Crippen MR) is 89.2 cm³/mol. The number of amidine groups is 1. The van der Waals surface area contributed by atoms with Crippen LogP contribution in [0.25, 0.3) is 11.8 Å². The van der Waals surface area contributed by atoms with Gasteiger partial charge in [-0.25, -0.2) is 4.99 Å². The zero-order valence-corrected chi connectivity index (χ0v) is 12.3. The summed E-state index contributed by atoms with van der Waals surface area (Å²) in [7, 11) is 1.84. The fraction of sp³-hybridized carbons (Fsp3) is 0.176. The van der Waals surface area contributed by atoms with Crippen molar-refractivity contribution in [2.75, 3.05) is 7.05 Å². The molecule has 3 nitrogen and oxygen atoms in total. The molecule has 3 heteroatoms. The van der Waals surface area contributed by atoms with Gasteiger partial charge in [0.05, 0.1) is 5.70 Å². The van der Waals surface area contributed by atoms with Gasteiger partial charge in [0.2, 0.25) is 0 Å². The van der Waals surface area contributed by atoms with Gasteiger partial charge in [0.25, 0.3) is 0 Å². The normalized spacial score (nSPS) is 11.9. The highest BCUT2D eigenvalue weighted by atomic mass is 14.9. The second-order valence-electron chi connectivity index (χ2n) is 4.34. The van der Waals surface area contributed by atoms with Gasteiger partial charge in [0, 0.05) is 18.8 Å². The first-order chi connectivity index (χ1) is 9.54. The molecule has 104 valence electrons. The Bertz CT molecular complexity index is 575. The van der Waals surface area contributed by atoms with Crippen LogP contribution in [0.15, 0.2) is 53.6 Å². The molecule has 0 unspecified atom stereocenters. The molecule has 0 aromatic heterocycles. The van der Waals surface area contributed by atoms with Crippen molar-refractivity contribution in [2.45, 2.75) is 13.8 Å². The van der Waals surface area contributed by atoms with Crippen LogP contribution in [-0.4, -0.2) is 19.1 Å². The van der Waals surface area contributed by atoms with Crippen LogP contribution in [0.4, 0.5) is 0 Å². The fourth-order valence-corrected chi connectivity index (χ4v) is 1.93. The molecule has 0 saturated carbocycles. The Hall–Kier alpha value is -2.42. The SMILES string of the molecule is C=Cc1ccc(C(NC)=C(C(=C)C)C(=N)N=CC)cc1. The molecule has 2 N–H and O–H groups in total. The summed E-state index contributed by atoms with van der Waals surface area (Å²) >= 11 is 0. The zero-order valence-electron chi connectivity index (χ0n) is 12.3. The van der Waals surface area contributed by atoms with Gasteiger partial charge in [-0.3, -0.25) is 5.41 Å². The van der Waals surface area contributed by atoms with Gasteiger partial charge < -0.3 is 5.32 Å². The van der Waals surface area contributed by atoms with E-state index in [1.807, 2.05) is 38.2 Å². The molecule has 20 heavy (non-hydrogen) atoms. The number of aliphatic imine (C=N–C) groups is 1. The van der Waals surface area contributed by atoms with E-state index in [1.165, 1.54) is 0 Å². The Morgan fingerprint density at radius 2 is 1.90 bits per heavy atom. The Balaban J connectivity index is 3.42. The molecule has 1 rings (SSSR count). The monoisotopic (exact) mass is 267 g/mol. The molecule has 1 aromatic rings. The third-order valence-electron chi connectivity index (χ3n) is 2.86. The molecule has 0 bridgehead atoms. The largest absolute Gasteiger partial charge is 0.387 e. The van der Waals surface area contributed by atoms with Crippen LogP contribution in [0.5, 0.6) is 0 Å². The number of nitrogens with zero attached hydrogens (tertiary/aromatic N) is 1. The van der Waals surface area contributed by atoms with Gasteiger partial charge >= 0.3 is 0 Å². The van der Waals surface area contributed by atoms with Gasteiger partial charge in [0.1, 0.15) is 0 Å². The Labute approximate surface area is 121 Å². The summed E-state index contributed by atoms with van der Waals surface area (Å²) in [6.45, 7) is 11.4. The quantitative estimate of drug-likeness (QED) is 0.474. The van der Waals surface area contributed by atoms with Crippen molar-refractivity contribution < 1.29 is 0 Å². The van der Waals surface area contributed by atoms with E-state index < -0.39 is 0 Å². The number of hydrogen-bond acceptors (Lipinski definition) is 2. The van der Waals surface area contributed by atoms with E-state index in [-0.39, 0.29) is 5.84 Å². The van der Waals surface area contributed by atoms with Crippen LogP contribution < -0.4 is 5.32 Å². The lowest BCUT2D eigenvalue weighted by Gasteiger charge is -2.15. The average molecular weight is 267 g/mol. The van der Waals surface area contributed by atoms with E-state index in [0.717, 1.165) is 28.0 Å². The summed E-state index contributed by atoms with van der Waals surface area (Å²) < 4.78 is 0. The van der Waals surface area contributed by atoms with Gasteiger partial charge in [-0.05, 0) is 30.5 Å². The second-order valence-corrected chi connectivity index (χ2v) is 4.34. The van der Waals surface area contributed by atoms with Crippen LogP contribution >= 0.6 is 0 Å². The van der Waals surface area contributed by atoms with E-state index in [4.69, 9.17) is 5.41 Å². The summed E-state index contributed by atoms with van der Waals surface area (Å²) in [5.74, 6) is 0.206. The van der Waals surface area contributed by atoms with E-state index in [0.29, 0.717) is 0 Å². The van der Waals surface area contributed by atoms with Crippen molar-refractivity contribution in [1.82, 2.24) is 5.32 Å². The summed E-state index contributed by atoms with van der Waals surface area (Å²) in [6.07, 6.45) is 3.41. The van der Waals surface area contributed by atoms with Gasteiger partial charge in [0.15, 0.2) is 5.84 Å². The van der Waals surface area contributed by atoms with Crippen molar-refractivity contribution in [1.29, 1.82) is 5.41 Å². The first-order valence-electron chi connectivity index (χ1n) is 6.43. The fourth-order valence-electron chi connectivity index (χ4n) is 1.93. The third kappa shape index (κ3) is 3.54. The molecule has 0 radical (unpaired) electrons. The predicted octanol–water partition coefficient (Wildman–Crippen LogP) is 3.90. The highest BCUT2D eigenvalue weighted by Crippen LogP contribution is 2.22. The topological polar surface area (TPSA) is 48.2 Å². The van der Waals surface area contributed by atoms with Crippen LogP contribution in [0, 0.1) is 5.41 Å². The molecule has 0 spiro atoms. The number of nitrogens with one attached hydrogen (secondary N) is 2. The van der Waals surface area contributed by atoms with E-state index in [1.54, 1.807) is 19.2 Å². The number of benzene rings is 1. The summed E-state index contributed by atoms with van der Waals surface area (Å²) in [5, 5.41) is 11.2. The molecule has 0 saturated heterocycles. The standard InChI is InChI=1S/C17H21N3/c1-6-13-8-10-14(11-9-13)16(19-5)15(12(3)4)17(18)20-7-2/h6-11,18-19H,1,3H2,2,4-5H3. The van der Waals surface area contributed by atoms with E-state index >= 15 is 0 Å². The number of hydrogen-bond donors (Lipinski definition) is 2. The Morgan fingerprint density at radius 3 is 2.30 bits per heavy atom. The van der Waals surface area contributed by atoms with Gasteiger partial charge in [-0.15, -0.1) is 0 Å².